The smallest absolute Gasteiger partial charge is 0.0945 e. The molecule has 17 heavy (non-hydrogen) atoms. The maximum absolute atomic E-state index is 4.08. The fourth-order valence-corrected chi connectivity index (χ4v) is 2.63. The highest BCUT2D eigenvalue weighted by Gasteiger charge is 2.03. The number of rotatable bonds is 10. The summed E-state index contributed by atoms with van der Waals surface area (Å²) in [5.74, 6) is 0. The van der Waals surface area contributed by atoms with Crippen LogP contribution < -0.4 is 0 Å². The molecule has 3 nitrogen and oxygen atoms in total. The molecule has 98 valence electrons. The molecule has 0 bridgehead atoms. The van der Waals surface area contributed by atoms with Crippen molar-refractivity contribution >= 4 is 20.5 Å². The Morgan fingerprint density at radius 1 is 1.00 bits per heavy atom. The van der Waals surface area contributed by atoms with E-state index in [9.17, 15) is 0 Å². The molecule has 1 heterocycles. The molecule has 1 aromatic heterocycles. The summed E-state index contributed by atoms with van der Waals surface area (Å²) in [5.41, 5.74) is 0. The topological polar surface area (TPSA) is 21.1 Å². The fourth-order valence-electron chi connectivity index (χ4n) is 1.99. The molecule has 5 heteroatoms. The first-order valence-electron chi connectivity index (χ1n) is 7.05. The molecule has 0 aliphatic carbocycles. The van der Waals surface area contributed by atoms with E-state index in [1.807, 2.05) is 12.5 Å². The Labute approximate surface area is 111 Å². The van der Waals surface area contributed by atoms with Crippen molar-refractivity contribution in [3.63, 3.8) is 0 Å². The predicted octanol–water partition coefficient (Wildman–Crippen LogP) is -0.0772. The van der Waals surface area contributed by atoms with Crippen molar-refractivity contribution in [3.05, 3.63) is 18.7 Å². The minimum atomic E-state index is 1.11. The van der Waals surface area contributed by atoms with Gasteiger partial charge in [-0.05, 0) is 38.9 Å². The summed E-state index contributed by atoms with van der Waals surface area (Å²) in [6.07, 6.45) is 9.88. The van der Waals surface area contributed by atoms with Crippen molar-refractivity contribution < 1.29 is 0 Å². The van der Waals surface area contributed by atoms with Crippen LogP contribution in [0.4, 0.5) is 0 Å². The number of nitrogens with zero attached hydrogens (tertiary/aromatic N) is 3. The monoisotopic (exact) mass is 269 g/mol. The molecule has 0 spiro atoms. The van der Waals surface area contributed by atoms with Crippen molar-refractivity contribution in [1.82, 2.24) is 14.5 Å². The van der Waals surface area contributed by atoms with Crippen LogP contribution in [-0.4, -0.2) is 54.6 Å². The van der Waals surface area contributed by atoms with Crippen LogP contribution in [0.1, 0.15) is 19.3 Å². The first kappa shape index (κ1) is 14.7. The molecule has 0 atom stereocenters. The van der Waals surface area contributed by atoms with E-state index in [-0.39, 0.29) is 0 Å². The van der Waals surface area contributed by atoms with Gasteiger partial charge in [0, 0.05) is 39.4 Å². The van der Waals surface area contributed by atoms with E-state index in [1.165, 1.54) is 71.5 Å². The highest BCUT2D eigenvalue weighted by molar-refractivity contribution is 6.08. The summed E-state index contributed by atoms with van der Waals surface area (Å²) >= 11 is 0. The van der Waals surface area contributed by atoms with E-state index in [4.69, 9.17) is 0 Å². The average molecular weight is 270 g/mol. The van der Waals surface area contributed by atoms with Crippen LogP contribution in [-0.2, 0) is 6.54 Å². The summed E-state index contributed by atoms with van der Waals surface area (Å²) in [7, 11) is 2.71. The normalized spacial score (nSPS) is 11.6. The van der Waals surface area contributed by atoms with E-state index in [1.54, 1.807) is 0 Å². The van der Waals surface area contributed by atoms with Gasteiger partial charge in [-0.1, -0.05) is 12.1 Å². The first-order chi connectivity index (χ1) is 8.36. The number of imidazole rings is 1. The second-order valence-electron chi connectivity index (χ2n) is 4.70. The van der Waals surface area contributed by atoms with E-state index >= 15 is 0 Å². The molecule has 0 fully saturated rings. The molecule has 0 amide bonds. The Kier molecular flexibility index (Phi) is 8.29. The Morgan fingerprint density at radius 2 is 1.65 bits per heavy atom. The van der Waals surface area contributed by atoms with Crippen molar-refractivity contribution in [2.45, 2.75) is 37.9 Å². The van der Waals surface area contributed by atoms with Gasteiger partial charge in [-0.15, -0.1) is 0 Å². The molecule has 0 N–H and O–H groups in total. The molecular formula is C12H27N3Si2. The van der Waals surface area contributed by atoms with Crippen molar-refractivity contribution in [1.29, 1.82) is 0 Å². The van der Waals surface area contributed by atoms with Crippen LogP contribution >= 0.6 is 0 Å². The minimum absolute atomic E-state index is 1.11. The van der Waals surface area contributed by atoms with Crippen molar-refractivity contribution in [2.75, 3.05) is 19.6 Å². The van der Waals surface area contributed by atoms with Gasteiger partial charge >= 0.3 is 0 Å². The van der Waals surface area contributed by atoms with Gasteiger partial charge in [0.2, 0.25) is 0 Å². The average Bonchev–Trinajstić information content (AvgIpc) is 2.85. The van der Waals surface area contributed by atoms with Gasteiger partial charge in [0.1, 0.15) is 0 Å². The largest absolute Gasteiger partial charge is 0.337 e. The van der Waals surface area contributed by atoms with Gasteiger partial charge in [0.05, 0.1) is 6.33 Å². The predicted molar refractivity (Wildman–Crippen MR) is 82.0 cm³/mol. The minimum Gasteiger partial charge on any atom is -0.337 e. The lowest BCUT2D eigenvalue weighted by Crippen LogP contribution is -2.28. The highest BCUT2D eigenvalue weighted by atomic mass is 28.1. The Balaban J connectivity index is 2.17. The van der Waals surface area contributed by atoms with Crippen LogP contribution in [0.5, 0.6) is 0 Å². The molecular weight excluding hydrogens is 242 g/mol. The Morgan fingerprint density at radius 3 is 2.18 bits per heavy atom. The highest BCUT2D eigenvalue weighted by Crippen LogP contribution is 2.01. The number of aryl methyl sites for hydroxylation is 1. The lowest BCUT2D eigenvalue weighted by Gasteiger charge is -2.21. The van der Waals surface area contributed by atoms with Gasteiger partial charge in [-0.25, -0.2) is 4.98 Å². The molecule has 1 aromatic rings. The molecule has 0 aromatic carbocycles. The van der Waals surface area contributed by atoms with Gasteiger partial charge in [-0.2, -0.15) is 0 Å². The lowest BCUT2D eigenvalue weighted by molar-refractivity contribution is 0.266. The zero-order valence-electron chi connectivity index (χ0n) is 11.4. The van der Waals surface area contributed by atoms with E-state index in [0.29, 0.717) is 0 Å². The summed E-state index contributed by atoms with van der Waals surface area (Å²) in [5, 5.41) is 0. The molecule has 0 unspecified atom stereocenters. The molecule has 1 rings (SSSR count). The van der Waals surface area contributed by atoms with Crippen LogP contribution in [0.15, 0.2) is 18.7 Å². The fraction of sp³-hybridized carbons (Fsp3) is 0.750. The summed E-state index contributed by atoms with van der Waals surface area (Å²) in [4.78, 5) is 6.74. The Hall–Kier alpha value is -0.396. The van der Waals surface area contributed by atoms with E-state index < -0.39 is 0 Å². The van der Waals surface area contributed by atoms with Gasteiger partial charge in [0.15, 0.2) is 0 Å². The summed E-state index contributed by atoms with van der Waals surface area (Å²) in [6, 6.07) is 2.89. The standard InChI is InChI=1S/C12H27N3Si2/c16-10-2-7-14(8-3-11-17)5-1-6-15-9-4-13-12-15/h4,9,12H,1-3,5-8,10-11H2,16-17H3. The maximum Gasteiger partial charge on any atom is 0.0945 e. The summed E-state index contributed by atoms with van der Waals surface area (Å²) in [6.45, 7) is 4.99. The van der Waals surface area contributed by atoms with Crippen molar-refractivity contribution in [3.8, 4) is 0 Å². The van der Waals surface area contributed by atoms with Gasteiger partial charge in [0.25, 0.3) is 0 Å². The second kappa shape index (κ2) is 9.62. The third-order valence-electron chi connectivity index (χ3n) is 3.11. The molecule has 0 radical (unpaired) electrons. The van der Waals surface area contributed by atoms with Gasteiger partial charge < -0.3 is 9.47 Å². The quantitative estimate of drug-likeness (QED) is 0.554. The van der Waals surface area contributed by atoms with Crippen LogP contribution in [0, 0.1) is 0 Å². The van der Waals surface area contributed by atoms with Crippen molar-refractivity contribution in [2.24, 2.45) is 0 Å². The number of hydrogen-bond donors (Lipinski definition) is 0. The summed E-state index contributed by atoms with van der Waals surface area (Å²) < 4.78 is 2.18. The first-order valence-corrected chi connectivity index (χ1v) is 9.87. The molecule has 0 aliphatic rings. The Bertz CT molecular complexity index is 257. The third-order valence-corrected chi connectivity index (χ3v) is 4.52. The molecule has 0 aliphatic heterocycles. The van der Waals surface area contributed by atoms with Crippen LogP contribution in [0.2, 0.25) is 12.1 Å². The van der Waals surface area contributed by atoms with Gasteiger partial charge in [-0.3, -0.25) is 0 Å². The zero-order valence-corrected chi connectivity index (χ0v) is 15.4. The van der Waals surface area contributed by atoms with Crippen LogP contribution in [0.3, 0.4) is 0 Å². The van der Waals surface area contributed by atoms with E-state index in [0.717, 1.165) is 6.54 Å². The maximum atomic E-state index is 4.08. The number of aromatic nitrogens is 2. The molecule has 0 saturated carbocycles. The number of hydrogen-bond acceptors (Lipinski definition) is 2. The zero-order chi connectivity index (χ0) is 12.3. The third kappa shape index (κ3) is 6.80. The molecule has 0 saturated heterocycles. The van der Waals surface area contributed by atoms with Crippen LogP contribution in [0.25, 0.3) is 0 Å². The second-order valence-corrected chi connectivity index (χ2v) is 6.70. The van der Waals surface area contributed by atoms with E-state index in [2.05, 4.69) is 20.6 Å². The SMILES string of the molecule is [SiH3]CCCN(CCC[SiH3])CCCn1ccnc1. The lowest BCUT2D eigenvalue weighted by atomic mass is 10.3.